The number of terminal acetylenes is 1. The summed E-state index contributed by atoms with van der Waals surface area (Å²) in [6, 6.07) is -1.18. The molecule has 0 aromatic heterocycles. The van der Waals surface area contributed by atoms with Gasteiger partial charge in [-0.15, -0.1) is 12.3 Å². The second kappa shape index (κ2) is 6.90. The van der Waals surface area contributed by atoms with Crippen molar-refractivity contribution in [1.29, 1.82) is 0 Å². The van der Waals surface area contributed by atoms with Crippen molar-refractivity contribution in [2.75, 3.05) is 6.54 Å². The number of carboxylic acids is 1. The number of amides is 2. The SMILES string of the molecule is C#CCC(C)NC(=O)N1CCCCCC1C(=O)O. The summed E-state index contributed by atoms with van der Waals surface area (Å²) in [7, 11) is 0. The molecule has 0 aliphatic carbocycles. The maximum absolute atomic E-state index is 12.0. The molecule has 0 aromatic carbocycles. The predicted octanol–water partition coefficient (Wildman–Crippen LogP) is 1.44. The van der Waals surface area contributed by atoms with Crippen molar-refractivity contribution in [2.24, 2.45) is 0 Å². The van der Waals surface area contributed by atoms with Gasteiger partial charge in [-0.3, -0.25) is 0 Å². The van der Waals surface area contributed by atoms with Crippen LogP contribution >= 0.6 is 0 Å². The van der Waals surface area contributed by atoms with Gasteiger partial charge < -0.3 is 15.3 Å². The quantitative estimate of drug-likeness (QED) is 0.747. The number of likely N-dealkylation sites (tertiary alicyclic amines) is 1. The van der Waals surface area contributed by atoms with Crippen LogP contribution in [0.15, 0.2) is 0 Å². The van der Waals surface area contributed by atoms with E-state index in [-0.39, 0.29) is 12.1 Å². The van der Waals surface area contributed by atoms with Crippen LogP contribution in [0.5, 0.6) is 0 Å². The topological polar surface area (TPSA) is 69.6 Å². The molecule has 2 unspecified atom stereocenters. The van der Waals surface area contributed by atoms with Crippen molar-refractivity contribution in [3.63, 3.8) is 0 Å². The molecule has 1 heterocycles. The zero-order valence-corrected chi connectivity index (χ0v) is 10.7. The van der Waals surface area contributed by atoms with Gasteiger partial charge >= 0.3 is 12.0 Å². The van der Waals surface area contributed by atoms with Crippen molar-refractivity contribution >= 4 is 12.0 Å². The molecule has 1 rings (SSSR count). The summed E-state index contributed by atoms with van der Waals surface area (Å²) in [5.41, 5.74) is 0. The monoisotopic (exact) mass is 252 g/mol. The van der Waals surface area contributed by atoms with Crippen molar-refractivity contribution in [3.05, 3.63) is 0 Å². The highest BCUT2D eigenvalue weighted by molar-refractivity contribution is 5.82. The molecule has 100 valence electrons. The minimum absolute atomic E-state index is 0.139. The van der Waals surface area contributed by atoms with Gasteiger partial charge in [0.2, 0.25) is 0 Å². The lowest BCUT2D eigenvalue weighted by molar-refractivity contribution is -0.142. The Morgan fingerprint density at radius 1 is 1.50 bits per heavy atom. The predicted molar refractivity (Wildman–Crippen MR) is 68.0 cm³/mol. The van der Waals surface area contributed by atoms with Crippen molar-refractivity contribution in [2.45, 2.75) is 51.1 Å². The van der Waals surface area contributed by atoms with E-state index in [0.29, 0.717) is 19.4 Å². The van der Waals surface area contributed by atoms with Crippen molar-refractivity contribution in [3.8, 4) is 12.3 Å². The normalized spacial score (nSPS) is 21.6. The lowest BCUT2D eigenvalue weighted by Gasteiger charge is -2.28. The highest BCUT2D eigenvalue weighted by Gasteiger charge is 2.30. The van der Waals surface area contributed by atoms with Crippen molar-refractivity contribution in [1.82, 2.24) is 10.2 Å². The average Bonchev–Trinajstić information content (AvgIpc) is 2.54. The molecular formula is C13H20N2O3. The van der Waals surface area contributed by atoms with Gasteiger partial charge in [-0.05, 0) is 19.8 Å². The van der Waals surface area contributed by atoms with Gasteiger partial charge in [0.1, 0.15) is 6.04 Å². The summed E-state index contributed by atoms with van der Waals surface area (Å²) < 4.78 is 0. The smallest absolute Gasteiger partial charge is 0.326 e. The maximum Gasteiger partial charge on any atom is 0.326 e. The number of hydrogen-bond acceptors (Lipinski definition) is 2. The molecule has 2 atom stereocenters. The molecule has 1 aliphatic heterocycles. The van der Waals surface area contributed by atoms with Gasteiger partial charge in [0, 0.05) is 19.0 Å². The Kier molecular flexibility index (Phi) is 5.50. The molecular weight excluding hydrogens is 232 g/mol. The van der Waals surface area contributed by atoms with E-state index >= 15 is 0 Å². The summed E-state index contributed by atoms with van der Waals surface area (Å²) in [6.45, 7) is 2.30. The van der Waals surface area contributed by atoms with Gasteiger partial charge in [-0.1, -0.05) is 12.8 Å². The first-order valence-corrected chi connectivity index (χ1v) is 6.29. The van der Waals surface area contributed by atoms with Crippen LogP contribution in [0.4, 0.5) is 4.79 Å². The molecule has 5 heteroatoms. The van der Waals surface area contributed by atoms with E-state index in [4.69, 9.17) is 11.5 Å². The standard InChI is InChI=1S/C13H20N2O3/c1-3-7-10(2)14-13(18)15-9-6-4-5-8-11(15)12(16)17/h1,10-11H,4-9H2,2H3,(H,14,18)(H,16,17). The number of nitrogens with one attached hydrogen (secondary N) is 1. The van der Waals surface area contributed by atoms with Crippen LogP contribution in [-0.2, 0) is 4.79 Å². The molecule has 2 amide bonds. The third-order valence-electron chi connectivity index (χ3n) is 3.09. The summed E-state index contributed by atoms with van der Waals surface area (Å²) in [5, 5.41) is 11.9. The minimum atomic E-state index is -0.934. The Hall–Kier alpha value is -1.70. The highest BCUT2D eigenvalue weighted by atomic mass is 16.4. The second-order valence-electron chi connectivity index (χ2n) is 4.66. The number of rotatable bonds is 3. The molecule has 0 aromatic rings. The summed E-state index contributed by atoms with van der Waals surface area (Å²) in [5.74, 6) is 1.54. The fraction of sp³-hybridized carbons (Fsp3) is 0.692. The van der Waals surface area contributed by atoms with E-state index in [1.165, 1.54) is 4.90 Å². The number of carbonyl (C=O) groups is 2. The van der Waals surface area contributed by atoms with Crippen LogP contribution in [0.1, 0.15) is 39.0 Å². The molecule has 1 fully saturated rings. The molecule has 0 radical (unpaired) electrons. The Balaban J connectivity index is 2.67. The molecule has 0 saturated carbocycles. The maximum atomic E-state index is 12.0. The largest absolute Gasteiger partial charge is 0.480 e. The first kappa shape index (κ1) is 14.4. The van der Waals surface area contributed by atoms with Gasteiger partial charge in [0.25, 0.3) is 0 Å². The van der Waals surface area contributed by atoms with E-state index in [2.05, 4.69) is 11.2 Å². The minimum Gasteiger partial charge on any atom is -0.480 e. The summed E-state index contributed by atoms with van der Waals surface area (Å²) >= 11 is 0. The Bertz CT molecular complexity index is 349. The molecule has 18 heavy (non-hydrogen) atoms. The molecule has 1 aliphatic rings. The third-order valence-corrected chi connectivity index (χ3v) is 3.09. The molecule has 1 saturated heterocycles. The number of hydrogen-bond donors (Lipinski definition) is 2. The van der Waals surface area contributed by atoms with Crippen LogP contribution in [-0.4, -0.2) is 40.6 Å². The molecule has 5 nitrogen and oxygen atoms in total. The number of urea groups is 1. The first-order chi connectivity index (χ1) is 8.56. The fourth-order valence-electron chi connectivity index (χ4n) is 2.13. The number of carbonyl (C=O) groups excluding carboxylic acids is 1. The van der Waals surface area contributed by atoms with Crippen LogP contribution < -0.4 is 5.32 Å². The number of nitrogens with zero attached hydrogens (tertiary/aromatic N) is 1. The van der Waals surface area contributed by atoms with Crippen molar-refractivity contribution < 1.29 is 14.7 Å². The molecule has 0 spiro atoms. The Labute approximate surface area is 108 Å². The van der Waals surface area contributed by atoms with E-state index < -0.39 is 12.0 Å². The number of aliphatic carboxylic acids is 1. The van der Waals surface area contributed by atoms with E-state index in [1.54, 1.807) is 0 Å². The second-order valence-corrected chi connectivity index (χ2v) is 4.66. The van der Waals surface area contributed by atoms with E-state index in [1.807, 2.05) is 6.92 Å². The lowest BCUT2D eigenvalue weighted by atomic mass is 10.1. The highest BCUT2D eigenvalue weighted by Crippen LogP contribution is 2.17. The third kappa shape index (κ3) is 3.95. The summed E-state index contributed by atoms with van der Waals surface area (Å²) in [4.78, 5) is 24.6. The zero-order valence-electron chi connectivity index (χ0n) is 10.7. The van der Waals surface area contributed by atoms with Gasteiger partial charge in [0.05, 0.1) is 0 Å². The number of carboxylic acid groups (broad SMARTS) is 1. The van der Waals surface area contributed by atoms with Crippen LogP contribution in [0, 0.1) is 12.3 Å². The average molecular weight is 252 g/mol. The lowest BCUT2D eigenvalue weighted by Crippen LogP contribution is -2.51. The summed E-state index contributed by atoms with van der Waals surface area (Å²) in [6.07, 6.45) is 8.80. The van der Waals surface area contributed by atoms with Gasteiger partial charge in [0.15, 0.2) is 0 Å². The molecule has 0 bridgehead atoms. The molecule has 2 N–H and O–H groups in total. The Morgan fingerprint density at radius 2 is 2.22 bits per heavy atom. The van der Waals surface area contributed by atoms with Crippen LogP contribution in [0.3, 0.4) is 0 Å². The zero-order chi connectivity index (χ0) is 13.5. The van der Waals surface area contributed by atoms with Gasteiger partial charge in [-0.2, -0.15) is 0 Å². The first-order valence-electron chi connectivity index (χ1n) is 6.29. The Morgan fingerprint density at radius 3 is 2.83 bits per heavy atom. The van der Waals surface area contributed by atoms with Gasteiger partial charge in [-0.25, -0.2) is 9.59 Å². The van der Waals surface area contributed by atoms with Crippen LogP contribution in [0.2, 0.25) is 0 Å². The van der Waals surface area contributed by atoms with Crippen LogP contribution in [0.25, 0.3) is 0 Å². The van der Waals surface area contributed by atoms with E-state index in [0.717, 1.165) is 19.3 Å². The fourth-order valence-corrected chi connectivity index (χ4v) is 2.13. The van der Waals surface area contributed by atoms with E-state index in [9.17, 15) is 9.59 Å².